The number of hydrogen-bond acceptors (Lipinski definition) is 3. The number of hydrogen-bond donors (Lipinski definition) is 2. The van der Waals surface area contributed by atoms with E-state index in [1.54, 1.807) is 0 Å². The lowest BCUT2D eigenvalue weighted by Crippen LogP contribution is -2.39. The highest BCUT2D eigenvalue weighted by Gasteiger charge is 2.25. The minimum Gasteiger partial charge on any atom is -0.481 e. The third-order valence-corrected chi connectivity index (χ3v) is 6.28. The van der Waals surface area contributed by atoms with Crippen LogP contribution in [-0.4, -0.2) is 23.7 Å². The molecule has 0 radical (unpaired) electrons. The summed E-state index contributed by atoms with van der Waals surface area (Å²) in [4.78, 5) is 13.9. The van der Waals surface area contributed by atoms with Crippen molar-refractivity contribution in [2.45, 2.75) is 77.8 Å². The fourth-order valence-electron chi connectivity index (χ4n) is 4.66. The van der Waals surface area contributed by atoms with E-state index in [9.17, 15) is 9.90 Å². The molecule has 1 aliphatic carbocycles. The van der Waals surface area contributed by atoms with Crippen LogP contribution in [0, 0.1) is 5.92 Å². The molecule has 168 valence electrons. The van der Waals surface area contributed by atoms with Crippen molar-refractivity contribution in [1.82, 2.24) is 0 Å². The monoisotopic (exact) mass is 422 g/mol. The Morgan fingerprint density at radius 3 is 2.42 bits per heavy atom. The molecule has 0 bridgehead atoms. The number of benzene rings is 2. The second kappa shape index (κ2) is 11.2. The third kappa shape index (κ3) is 6.75. The Morgan fingerprint density at radius 2 is 1.77 bits per heavy atom. The molecule has 2 aromatic rings. The van der Waals surface area contributed by atoms with E-state index in [1.165, 1.54) is 43.4 Å². The third-order valence-electron chi connectivity index (χ3n) is 6.28. The van der Waals surface area contributed by atoms with E-state index in [-0.39, 0.29) is 12.3 Å². The number of nitrogens with zero attached hydrogens (tertiary/aromatic N) is 1. The Kier molecular flexibility index (Phi) is 8.39. The molecule has 3 rings (SSSR count). The van der Waals surface area contributed by atoms with Gasteiger partial charge in [0.05, 0.1) is 17.8 Å². The van der Waals surface area contributed by atoms with Crippen molar-refractivity contribution < 1.29 is 9.90 Å². The summed E-state index contributed by atoms with van der Waals surface area (Å²) in [5, 5.41) is 12.9. The van der Waals surface area contributed by atoms with Crippen molar-refractivity contribution in [3.05, 3.63) is 59.7 Å². The first-order valence-corrected chi connectivity index (χ1v) is 11.8. The van der Waals surface area contributed by atoms with E-state index in [4.69, 9.17) is 0 Å². The van der Waals surface area contributed by atoms with Crippen molar-refractivity contribution in [2.24, 2.45) is 5.92 Å². The first kappa shape index (κ1) is 23.2. The van der Waals surface area contributed by atoms with E-state index >= 15 is 0 Å². The lowest BCUT2D eigenvalue weighted by atomic mass is 9.92. The summed E-state index contributed by atoms with van der Waals surface area (Å²) in [6, 6.07) is 17.6. The zero-order chi connectivity index (χ0) is 22.2. The van der Waals surface area contributed by atoms with Crippen molar-refractivity contribution in [3.8, 4) is 0 Å². The molecular weight excluding hydrogens is 384 g/mol. The molecule has 2 aromatic carbocycles. The van der Waals surface area contributed by atoms with Gasteiger partial charge in [-0.05, 0) is 47.9 Å². The van der Waals surface area contributed by atoms with Gasteiger partial charge in [0, 0.05) is 19.1 Å². The molecular formula is C27H38N2O2. The van der Waals surface area contributed by atoms with Crippen molar-refractivity contribution in [1.29, 1.82) is 0 Å². The number of carboxylic acids is 1. The molecule has 31 heavy (non-hydrogen) atoms. The number of rotatable bonds is 10. The topological polar surface area (TPSA) is 52.6 Å². The van der Waals surface area contributed by atoms with Gasteiger partial charge in [0.15, 0.2) is 0 Å². The SMILES string of the molecule is CC(C)CN(c1ccc(C(C)CC(=O)O)cc1NCc1ccccc1)C1CCCCC1. The molecule has 0 aromatic heterocycles. The predicted molar refractivity (Wildman–Crippen MR) is 130 cm³/mol. The number of carboxylic acid groups (broad SMARTS) is 1. The van der Waals surface area contributed by atoms with Crippen molar-refractivity contribution in [2.75, 3.05) is 16.8 Å². The van der Waals surface area contributed by atoms with Crippen LogP contribution in [0.15, 0.2) is 48.5 Å². The second-order valence-electron chi connectivity index (χ2n) is 9.45. The zero-order valence-corrected chi connectivity index (χ0v) is 19.3. The standard InChI is InChI=1S/C27H38N2O2/c1-20(2)19-29(24-12-8-5-9-13-24)26-15-14-23(21(3)16-27(30)31)17-25(26)28-18-22-10-6-4-7-11-22/h4,6-7,10-11,14-15,17,20-21,24,28H,5,8-9,12-13,16,18-19H2,1-3H3,(H,30,31). The van der Waals surface area contributed by atoms with Crippen LogP contribution >= 0.6 is 0 Å². The van der Waals surface area contributed by atoms with Gasteiger partial charge in [-0.2, -0.15) is 0 Å². The van der Waals surface area contributed by atoms with Gasteiger partial charge < -0.3 is 15.3 Å². The minimum atomic E-state index is -0.751. The average Bonchev–Trinajstić information content (AvgIpc) is 2.77. The summed E-state index contributed by atoms with van der Waals surface area (Å²) in [6.45, 7) is 8.36. The molecule has 1 atom stereocenters. The fourth-order valence-corrected chi connectivity index (χ4v) is 4.66. The van der Waals surface area contributed by atoms with Crippen LogP contribution in [0.1, 0.15) is 76.3 Å². The van der Waals surface area contributed by atoms with E-state index < -0.39 is 5.97 Å². The smallest absolute Gasteiger partial charge is 0.303 e. The minimum absolute atomic E-state index is 0.0166. The van der Waals surface area contributed by atoms with E-state index in [2.05, 4.69) is 66.5 Å². The van der Waals surface area contributed by atoms with Gasteiger partial charge in [-0.3, -0.25) is 4.79 Å². The number of nitrogens with one attached hydrogen (secondary N) is 1. The Labute approximate surface area is 187 Å². The van der Waals surface area contributed by atoms with Gasteiger partial charge in [-0.25, -0.2) is 0 Å². The van der Waals surface area contributed by atoms with Gasteiger partial charge in [-0.15, -0.1) is 0 Å². The van der Waals surface area contributed by atoms with Gasteiger partial charge in [-0.1, -0.05) is 76.4 Å². The number of aliphatic carboxylic acids is 1. The normalized spacial score (nSPS) is 15.6. The molecule has 0 spiro atoms. The number of anilines is 2. The first-order chi connectivity index (χ1) is 14.9. The van der Waals surface area contributed by atoms with Gasteiger partial charge in [0.1, 0.15) is 0 Å². The highest BCUT2D eigenvalue weighted by atomic mass is 16.4. The molecule has 1 unspecified atom stereocenters. The fraction of sp³-hybridized carbons (Fsp3) is 0.519. The molecule has 2 N–H and O–H groups in total. The van der Waals surface area contributed by atoms with Gasteiger partial charge >= 0.3 is 5.97 Å². The van der Waals surface area contributed by atoms with Crippen LogP contribution in [0.3, 0.4) is 0 Å². The second-order valence-corrected chi connectivity index (χ2v) is 9.45. The molecule has 1 fully saturated rings. The largest absolute Gasteiger partial charge is 0.481 e. The molecule has 0 aliphatic heterocycles. The maximum Gasteiger partial charge on any atom is 0.303 e. The summed E-state index contributed by atoms with van der Waals surface area (Å²) in [6.07, 6.45) is 6.61. The Hall–Kier alpha value is -2.49. The zero-order valence-electron chi connectivity index (χ0n) is 19.3. The van der Waals surface area contributed by atoms with Crippen molar-refractivity contribution in [3.63, 3.8) is 0 Å². The van der Waals surface area contributed by atoms with Crippen LogP contribution in [0.2, 0.25) is 0 Å². The number of carbonyl (C=O) groups is 1. The lowest BCUT2D eigenvalue weighted by molar-refractivity contribution is -0.137. The molecule has 1 aliphatic rings. The summed E-state index contributed by atoms with van der Waals surface area (Å²) < 4.78 is 0. The van der Waals surface area contributed by atoms with Crippen LogP contribution in [0.4, 0.5) is 11.4 Å². The van der Waals surface area contributed by atoms with Gasteiger partial charge in [0.25, 0.3) is 0 Å². The predicted octanol–water partition coefficient (Wildman–Crippen LogP) is 6.67. The maximum absolute atomic E-state index is 11.3. The molecule has 4 heteroatoms. The highest BCUT2D eigenvalue weighted by molar-refractivity contribution is 5.73. The Bertz CT molecular complexity index is 828. The summed E-state index contributed by atoms with van der Waals surface area (Å²) in [7, 11) is 0. The quantitative estimate of drug-likeness (QED) is 0.449. The molecule has 0 saturated heterocycles. The lowest BCUT2D eigenvalue weighted by Gasteiger charge is -2.38. The van der Waals surface area contributed by atoms with Crippen molar-refractivity contribution >= 4 is 17.3 Å². The van der Waals surface area contributed by atoms with E-state index in [1.807, 2.05) is 13.0 Å². The molecule has 0 amide bonds. The molecule has 0 heterocycles. The van der Waals surface area contributed by atoms with Gasteiger partial charge in [0.2, 0.25) is 0 Å². The van der Waals surface area contributed by atoms with Crippen LogP contribution in [0.25, 0.3) is 0 Å². The maximum atomic E-state index is 11.3. The Balaban J connectivity index is 1.93. The first-order valence-electron chi connectivity index (χ1n) is 11.8. The van der Waals surface area contributed by atoms with E-state index in [0.717, 1.165) is 24.3 Å². The summed E-state index contributed by atoms with van der Waals surface area (Å²) >= 11 is 0. The molecule has 4 nitrogen and oxygen atoms in total. The van der Waals surface area contributed by atoms with Crippen LogP contribution < -0.4 is 10.2 Å². The Morgan fingerprint density at radius 1 is 1.06 bits per heavy atom. The average molecular weight is 423 g/mol. The summed E-state index contributed by atoms with van der Waals surface area (Å²) in [5.41, 5.74) is 4.69. The molecule has 1 saturated carbocycles. The van der Waals surface area contributed by atoms with Crippen LogP contribution in [-0.2, 0) is 11.3 Å². The highest BCUT2D eigenvalue weighted by Crippen LogP contribution is 2.36. The summed E-state index contributed by atoms with van der Waals surface area (Å²) in [5.74, 6) is -0.189. The van der Waals surface area contributed by atoms with Crippen LogP contribution in [0.5, 0.6) is 0 Å². The van der Waals surface area contributed by atoms with E-state index in [0.29, 0.717) is 12.0 Å².